The van der Waals surface area contributed by atoms with Crippen LogP contribution in [0.3, 0.4) is 0 Å². The van der Waals surface area contributed by atoms with Crippen molar-refractivity contribution >= 4 is 34.0 Å². The van der Waals surface area contributed by atoms with Gasteiger partial charge >= 0.3 is 0 Å². The fraction of sp³-hybridized carbons (Fsp3) is 0.158. The molecule has 1 atom stereocenters. The van der Waals surface area contributed by atoms with E-state index < -0.39 is 0 Å². The van der Waals surface area contributed by atoms with Crippen LogP contribution in [-0.4, -0.2) is 38.2 Å². The fourth-order valence-electron chi connectivity index (χ4n) is 2.77. The summed E-state index contributed by atoms with van der Waals surface area (Å²) in [6.07, 6.45) is 0.312. The molecule has 2 aromatic heterocycles. The van der Waals surface area contributed by atoms with Gasteiger partial charge in [-0.1, -0.05) is 65.6 Å². The molecular formula is C19H14N4O2S2. The molecule has 27 heavy (non-hydrogen) atoms. The molecule has 0 bridgehead atoms. The second kappa shape index (κ2) is 6.88. The Bertz CT molecular complexity index is 1170. The third-order valence-corrected chi connectivity index (χ3v) is 6.36. The van der Waals surface area contributed by atoms with Crippen LogP contribution in [0.4, 0.5) is 0 Å². The summed E-state index contributed by atoms with van der Waals surface area (Å²) in [5.74, 6) is 1.42. The largest absolute Gasteiger partial charge is 0.372 e. The van der Waals surface area contributed by atoms with Crippen molar-refractivity contribution < 1.29 is 4.74 Å². The molecule has 1 aliphatic heterocycles. The molecule has 0 radical (unpaired) electrons. The minimum Gasteiger partial charge on any atom is -0.372 e. The average Bonchev–Trinajstić information content (AvgIpc) is 3.43. The van der Waals surface area contributed by atoms with E-state index in [1.54, 1.807) is 22.4 Å². The fourth-order valence-corrected chi connectivity index (χ4v) is 4.63. The van der Waals surface area contributed by atoms with Crippen LogP contribution in [0, 0.1) is 0 Å². The van der Waals surface area contributed by atoms with E-state index in [-0.39, 0.29) is 5.56 Å². The van der Waals surface area contributed by atoms with E-state index in [0.717, 1.165) is 22.3 Å². The van der Waals surface area contributed by atoms with E-state index in [0.29, 0.717) is 28.0 Å². The molecule has 0 aliphatic carbocycles. The van der Waals surface area contributed by atoms with Gasteiger partial charge in [-0.3, -0.25) is 4.79 Å². The van der Waals surface area contributed by atoms with E-state index in [4.69, 9.17) is 9.72 Å². The normalized spacial score (nSPS) is 15.9. The van der Waals surface area contributed by atoms with Crippen molar-refractivity contribution in [3.05, 3.63) is 65.0 Å². The van der Waals surface area contributed by atoms with Gasteiger partial charge < -0.3 is 4.74 Å². The van der Waals surface area contributed by atoms with Crippen LogP contribution in [0.5, 0.6) is 0 Å². The molecule has 0 spiro atoms. The molecular weight excluding hydrogens is 380 g/mol. The van der Waals surface area contributed by atoms with E-state index in [1.807, 2.05) is 48.5 Å². The summed E-state index contributed by atoms with van der Waals surface area (Å²) in [6.45, 7) is 0.810. The van der Waals surface area contributed by atoms with Crippen molar-refractivity contribution in [3.63, 3.8) is 0 Å². The molecule has 1 fully saturated rings. The first-order valence-electron chi connectivity index (χ1n) is 8.45. The van der Waals surface area contributed by atoms with Crippen LogP contribution in [0.25, 0.3) is 27.4 Å². The third-order valence-electron chi connectivity index (χ3n) is 4.19. The molecule has 4 aromatic rings. The average molecular weight is 394 g/mol. The van der Waals surface area contributed by atoms with Gasteiger partial charge in [-0.2, -0.15) is 0 Å². The Kier molecular flexibility index (Phi) is 4.23. The molecule has 1 aliphatic rings. The Hall–Kier alpha value is -2.55. The molecule has 1 unspecified atom stereocenters. The van der Waals surface area contributed by atoms with Crippen LogP contribution < -0.4 is 5.56 Å². The third kappa shape index (κ3) is 3.27. The number of thioether (sulfide) groups is 1. The van der Waals surface area contributed by atoms with Crippen molar-refractivity contribution in [3.8, 4) is 16.5 Å². The van der Waals surface area contributed by atoms with Crippen molar-refractivity contribution in [2.45, 2.75) is 10.4 Å². The Morgan fingerprint density at radius 3 is 2.70 bits per heavy atom. The van der Waals surface area contributed by atoms with Crippen LogP contribution >= 0.6 is 23.1 Å². The van der Waals surface area contributed by atoms with Gasteiger partial charge in [0.25, 0.3) is 5.56 Å². The Labute approximate surface area is 162 Å². The maximum atomic E-state index is 13.2. The highest BCUT2D eigenvalue weighted by atomic mass is 32.2. The predicted octanol–water partition coefficient (Wildman–Crippen LogP) is 3.40. The second-order valence-corrected chi connectivity index (χ2v) is 8.30. The molecule has 134 valence electrons. The van der Waals surface area contributed by atoms with Gasteiger partial charge in [0.05, 0.1) is 23.6 Å². The smallest absolute Gasteiger partial charge is 0.268 e. The van der Waals surface area contributed by atoms with Gasteiger partial charge in [0.2, 0.25) is 5.13 Å². The van der Waals surface area contributed by atoms with Gasteiger partial charge in [0, 0.05) is 11.3 Å². The number of aromatic nitrogens is 4. The molecule has 5 rings (SSSR count). The van der Waals surface area contributed by atoms with E-state index in [2.05, 4.69) is 10.2 Å². The van der Waals surface area contributed by atoms with Crippen molar-refractivity contribution in [2.75, 3.05) is 12.4 Å². The SMILES string of the molecule is O=c1c2ccccc2nc(-c2ccccc2)n1-c1nnc(SCC2CO2)s1. The maximum Gasteiger partial charge on any atom is 0.268 e. The number of hydrogen-bond acceptors (Lipinski definition) is 7. The summed E-state index contributed by atoms with van der Waals surface area (Å²) in [7, 11) is 0. The quantitative estimate of drug-likeness (QED) is 0.382. The van der Waals surface area contributed by atoms with Gasteiger partial charge in [0.1, 0.15) is 5.82 Å². The Morgan fingerprint density at radius 2 is 1.89 bits per heavy atom. The standard InChI is InChI=1S/C19H14N4O2S2/c24-17-14-8-4-5-9-15(14)20-16(12-6-2-1-3-7-12)23(17)18-21-22-19(27-18)26-11-13-10-25-13/h1-9,13H,10-11H2. The van der Waals surface area contributed by atoms with Crippen LogP contribution in [0.1, 0.15) is 0 Å². The molecule has 0 saturated carbocycles. The highest BCUT2D eigenvalue weighted by Gasteiger charge is 2.24. The van der Waals surface area contributed by atoms with Crippen molar-refractivity contribution in [2.24, 2.45) is 0 Å². The van der Waals surface area contributed by atoms with Gasteiger partial charge in [-0.25, -0.2) is 9.55 Å². The molecule has 6 nitrogen and oxygen atoms in total. The summed E-state index contributed by atoms with van der Waals surface area (Å²) in [5, 5.41) is 9.59. The lowest BCUT2D eigenvalue weighted by Gasteiger charge is -2.10. The number of para-hydroxylation sites is 1. The number of hydrogen-bond donors (Lipinski definition) is 0. The number of ether oxygens (including phenoxy) is 1. The summed E-state index contributed by atoms with van der Waals surface area (Å²) < 4.78 is 7.62. The first-order valence-corrected chi connectivity index (χ1v) is 10.3. The summed E-state index contributed by atoms with van der Waals surface area (Å²) in [5.41, 5.74) is 1.39. The number of fused-ring (bicyclic) bond motifs is 1. The molecule has 1 saturated heterocycles. The molecule has 0 amide bonds. The zero-order chi connectivity index (χ0) is 18.2. The molecule has 0 N–H and O–H groups in total. The topological polar surface area (TPSA) is 73.2 Å². The maximum absolute atomic E-state index is 13.2. The molecule has 8 heteroatoms. The monoisotopic (exact) mass is 394 g/mol. The van der Waals surface area contributed by atoms with Crippen LogP contribution in [0.2, 0.25) is 0 Å². The number of rotatable bonds is 5. The summed E-state index contributed by atoms with van der Waals surface area (Å²) in [6, 6.07) is 17.0. The van der Waals surface area contributed by atoms with Crippen molar-refractivity contribution in [1.82, 2.24) is 19.7 Å². The van der Waals surface area contributed by atoms with Gasteiger partial charge in [-0.15, -0.1) is 10.2 Å². The number of benzene rings is 2. The van der Waals surface area contributed by atoms with E-state index in [9.17, 15) is 4.79 Å². The van der Waals surface area contributed by atoms with E-state index >= 15 is 0 Å². The second-order valence-electron chi connectivity index (χ2n) is 6.08. The number of epoxide rings is 1. The lowest BCUT2D eigenvalue weighted by atomic mass is 10.2. The molecule has 3 heterocycles. The van der Waals surface area contributed by atoms with Crippen LogP contribution in [0.15, 0.2) is 63.7 Å². The van der Waals surface area contributed by atoms with Crippen LogP contribution in [-0.2, 0) is 4.74 Å². The lowest BCUT2D eigenvalue weighted by Crippen LogP contribution is -2.21. The highest BCUT2D eigenvalue weighted by Crippen LogP contribution is 2.29. The van der Waals surface area contributed by atoms with Crippen molar-refractivity contribution in [1.29, 1.82) is 0 Å². The summed E-state index contributed by atoms with van der Waals surface area (Å²) in [4.78, 5) is 18.0. The first kappa shape index (κ1) is 16.6. The molecule has 2 aromatic carbocycles. The Balaban J connectivity index is 1.67. The first-order chi connectivity index (χ1) is 13.3. The van der Waals surface area contributed by atoms with Gasteiger partial charge in [0.15, 0.2) is 4.34 Å². The summed E-state index contributed by atoms with van der Waals surface area (Å²) >= 11 is 3.00. The minimum atomic E-state index is -0.141. The zero-order valence-corrected chi connectivity index (χ0v) is 15.7. The number of nitrogens with zero attached hydrogens (tertiary/aromatic N) is 4. The predicted molar refractivity (Wildman–Crippen MR) is 107 cm³/mol. The lowest BCUT2D eigenvalue weighted by molar-refractivity contribution is 0.426. The zero-order valence-electron chi connectivity index (χ0n) is 14.1. The van der Waals surface area contributed by atoms with Gasteiger partial charge in [-0.05, 0) is 12.1 Å². The van der Waals surface area contributed by atoms with E-state index in [1.165, 1.54) is 11.3 Å². The highest BCUT2D eigenvalue weighted by molar-refractivity contribution is 8.01. The Morgan fingerprint density at radius 1 is 1.11 bits per heavy atom. The minimum absolute atomic E-state index is 0.141.